The molecule has 1 aliphatic carbocycles. The van der Waals surface area contributed by atoms with E-state index in [4.69, 9.17) is 5.73 Å². The third-order valence-electron chi connectivity index (χ3n) is 5.30. The number of phenolic OH excluding ortho intramolecular Hbond substituents is 1. The highest BCUT2D eigenvalue weighted by molar-refractivity contribution is 5.75. The van der Waals surface area contributed by atoms with Crippen molar-refractivity contribution in [1.82, 2.24) is 0 Å². The number of hydrogen-bond acceptors (Lipinski definition) is 2. The predicted octanol–water partition coefficient (Wildman–Crippen LogP) is 6.41. The van der Waals surface area contributed by atoms with Crippen molar-refractivity contribution in [3.8, 4) is 5.75 Å². The SMILES string of the molecule is CC[C@H](C)C/C(N)=C1\CCCC\C1=C(\C)c1ccc(C(F)(F)F)cc1O. The van der Waals surface area contributed by atoms with Gasteiger partial charge in [0.1, 0.15) is 5.75 Å². The molecule has 0 radical (unpaired) electrons. The topological polar surface area (TPSA) is 46.2 Å². The maximum absolute atomic E-state index is 12.8. The summed E-state index contributed by atoms with van der Waals surface area (Å²) in [6, 6.07) is 3.18. The van der Waals surface area contributed by atoms with E-state index in [9.17, 15) is 18.3 Å². The molecule has 1 fully saturated rings. The second kappa shape index (κ2) is 8.19. The number of hydrogen-bond donors (Lipinski definition) is 2. The van der Waals surface area contributed by atoms with Crippen LogP contribution < -0.4 is 5.73 Å². The number of halogens is 3. The van der Waals surface area contributed by atoms with Crippen LogP contribution in [0.1, 0.15) is 70.4 Å². The van der Waals surface area contributed by atoms with Crippen LogP contribution in [0.5, 0.6) is 5.75 Å². The van der Waals surface area contributed by atoms with E-state index >= 15 is 0 Å². The van der Waals surface area contributed by atoms with Crippen molar-refractivity contribution in [3.05, 3.63) is 46.2 Å². The molecule has 0 heterocycles. The first kappa shape index (κ1) is 20.4. The highest BCUT2D eigenvalue weighted by atomic mass is 19.4. The van der Waals surface area contributed by atoms with Crippen molar-refractivity contribution in [3.63, 3.8) is 0 Å². The van der Waals surface area contributed by atoms with Gasteiger partial charge in [-0.25, -0.2) is 0 Å². The van der Waals surface area contributed by atoms with Gasteiger partial charge in [0, 0.05) is 11.3 Å². The van der Waals surface area contributed by atoms with Crippen molar-refractivity contribution in [1.29, 1.82) is 0 Å². The summed E-state index contributed by atoms with van der Waals surface area (Å²) < 4.78 is 38.5. The first-order valence-corrected chi connectivity index (χ1v) is 9.23. The van der Waals surface area contributed by atoms with Gasteiger partial charge in [0.15, 0.2) is 0 Å². The molecule has 1 aromatic carbocycles. The number of aromatic hydroxyl groups is 1. The number of rotatable bonds is 4. The lowest BCUT2D eigenvalue weighted by atomic mass is 9.82. The average molecular weight is 367 g/mol. The summed E-state index contributed by atoms with van der Waals surface area (Å²) in [5.41, 5.74) is 9.88. The molecule has 0 spiro atoms. The predicted molar refractivity (Wildman–Crippen MR) is 99.5 cm³/mol. The molecule has 1 saturated carbocycles. The van der Waals surface area contributed by atoms with E-state index in [0.717, 1.165) is 73.1 Å². The molecule has 1 aliphatic rings. The lowest BCUT2D eigenvalue weighted by Gasteiger charge is -2.25. The normalized spacial score (nSPS) is 20.7. The zero-order valence-corrected chi connectivity index (χ0v) is 15.7. The van der Waals surface area contributed by atoms with Crippen LogP contribution in [0.25, 0.3) is 5.57 Å². The Bertz CT molecular complexity index is 716. The molecule has 144 valence electrons. The highest BCUT2D eigenvalue weighted by Crippen LogP contribution is 2.40. The van der Waals surface area contributed by atoms with Gasteiger partial charge in [-0.15, -0.1) is 0 Å². The third kappa shape index (κ3) is 4.63. The molecule has 0 aromatic heterocycles. The third-order valence-corrected chi connectivity index (χ3v) is 5.30. The number of nitrogens with two attached hydrogens (primary N) is 1. The van der Waals surface area contributed by atoms with Gasteiger partial charge >= 0.3 is 6.18 Å². The molecule has 5 heteroatoms. The summed E-state index contributed by atoms with van der Waals surface area (Å²) in [5, 5.41) is 10.2. The van der Waals surface area contributed by atoms with Crippen molar-refractivity contribution in [2.75, 3.05) is 0 Å². The molecule has 0 saturated heterocycles. The van der Waals surface area contributed by atoms with Gasteiger partial charge in [-0.1, -0.05) is 26.3 Å². The monoisotopic (exact) mass is 367 g/mol. The zero-order valence-electron chi connectivity index (χ0n) is 15.7. The summed E-state index contributed by atoms with van der Waals surface area (Å²) in [7, 11) is 0. The summed E-state index contributed by atoms with van der Waals surface area (Å²) >= 11 is 0. The molecule has 0 bridgehead atoms. The van der Waals surface area contributed by atoms with Gasteiger partial charge in [0.05, 0.1) is 5.56 Å². The van der Waals surface area contributed by atoms with E-state index < -0.39 is 11.7 Å². The molecule has 0 unspecified atom stereocenters. The standard InChI is InChI=1S/C21H28F3NO/c1-4-13(2)11-19(25)18-8-6-5-7-16(18)14(3)17-10-9-15(12-20(17)26)21(22,23)24/h9-10,12-13,26H,4-8,11,25H2,1-3H3/b16-14+,19-18-/t13-/m0/s1. The maximum Gasteiger partial charge on any atom is 0.416 e. The maximum atomic E-state index is 12.8. The quantitative estimate of drug-likeness (QED) is 0.646. The Morgan fingerprint density at radius 2 is 1.81 bits per heavy atom. The van der Waals surface area contributed by atoms with E-state index in [0.29, 0.717) is 11.5 Å². The first-order chi connectivity index (χ1) is 12.1. The van der Waals surface area contributed by atoms with Crippen LogP contribution in [-0.2, 0) is 6.18 Å². The Balaban J connectivity index is 2.47. The Kier molecular flexibility index (Phi) is 6.43. The van der Waals surface area contributed by atoms with Gasteiger partial charge in [0.2, 0.25) is 0 Å². The van der Waals surface area contributed by atoms with Crippen LogP contribution in [0.2, 0.25) is 0 Å². The van der Waals surface area contributed by atoms with E-state index in [1.54, 1.807) is 0 Å². The van der Waals surface area contributed by atoms with Crippen LogP contribution >= 0.6 is 0 Å². The van der Waals surface area contributed by atoms with Crippen LogP contribution in [0.4, 0.5) is 13.2 Å². The summed E-state index contributed by atoms with van der Waals surface area (Å²) in [6.45, 7) is 6.15. The number of benzene rings is 1. The van der Waals surface area contributed by atoms with Crippen LogP contribution in [0, 0.1) is 5.92 Å². The second-order valence-corrected chi connectivity index (χ2v) is 7.26. The van der Waals surface area contributed by atoms with Crippen LogP contribution in [-0.4, -0.2) is 5.11 Å². The Morgan fingerprint density at radius 3 is 2.35 bits per heavy atom. The second-order valence-electron chi connectivity index (χ2n) is 7.26. The fourth-order valence-corrected chi connectivity index (χ4v) is 3.50. The first-order valence-electron chi connectivity index (χ1n) is 9.23. The highest BCUT2D eigenvalue weighted by Gasteiger charge is 2.31. The van der Waals surface area contributed by atoms with E-state index in [2.05, 4.69) is 13.8 Å². The Hall–Kier alpha value is -1.91. The van der Waals surface area contributed by atoms with Gasteiger partial charge < -0.3 is 10.8 Å². The van der Waals surface area contributed by atoms with Gasteiger partial charge in [-0.05, 0) is 73.8 Å². The molecule has 0 amide bonds. The van der Waals surface area contributed by atoms with Gasteiger partial charge in [-0.2, -0.15) is 13.2 Å². The van der Waals surface area contributed by atoms with Crippen molar-refractivity contribution in [2.24, 2.45) is 11.7 Å². The van der Waals surface area contributed by atoms with Crippen LogP contribution in [0.3, 0.4) is 0 Å². The molecule has 2 nitrogen and oxygen atoms in total. The minimum absolute atomic E-state index is 0.338. The Morgan fingerprint density at radius 1 is 1.19 bits per heavy atom. The zero-order chi connectivity index (χ0) is 19.5. The lowest BCUT2D eigenvalue weighted by Crippen LogP contribution is -2.12. The number of allylic oxidation sites excluding steroid dienone is 4. The molecular weight excluding hydrogens is 339 g/mol. The Labute approximate surface area is 153 Å². The van der Waals surface area contributed by atoms with E-state index in [-0.39, 0.29) is 5.75 Å². The van der Waals surface area contributed by atoms with Crippen LogP contribution in [0.15, 0.2) is 35.0 Å². The molecule has 2 rings (SSSR count). The molecule has 1 aromatic rings. The molecule has 1 atom stereocenters. The molecule has 0 aliphatic heterocycles. The fraction of sp³-hybridized carbons (Fsp3) is 0.524. The molecule has 26 heavy (non-hydrogen) atoms. The van der Waals surface area contributed by atoms with Crippen molar-refractivity contribution < 1.29 is 18.3 Å². The summed E-state index contributed by atoms with van der Waals surface area (Å²) in [6.07, 6.45) is 1.21. The fourth-order valence-electron chi connectivity index (χ4n) is 3.50. The average Bonchev–Trinajstić information content (AvgIpc) is 2.60. The summed E-state index contributed by atoms with van der Waals surface area (Å²) in [4.78, 5) is 0. The molecular formula is C21H28F3NO. The minimum atomic E-state index is -4.46. The largest absolute Gasteiger partial charge is 0.507 e. The number of phenols is 1. The van der Waals surface area contributed by atoms with Gasteiger partial charge in [0.25, 0.3) is 0 Å². The lowest BCUT2D eigenvalue weighted by molar-refractivity contribution is -0.137. The molecule has 3 N–H and O–H groups in total. The van der Waals surface area contributed by atoms with Gasteiger partial charge in [-0.3, -0.25) is 0 Å². The van der Waals surface area contributed by atoms with Crippen molar-refractivity contribution >= 4 is 5.57 Å². The van der Waals surface area contributed by atoms with E-state index in [1.165, 1.54) is 6.07 Å². The summed E-state index contributed by atoms with van der Waals surface area (Å²) in [5.74, 6) is 0.153. The smallest absolute Gasteiger partial charge is 0.416 e. The number of alkyl halides is 3. The van der Waals surface area contributed by atoms with Crippen molar-refractivity contribution in [2.45, 2.75) is 65.5 Å². The van der Waals surface area contributed by atoms with E-state index in [1.807, 2.05) is 6.92 Å². The minimum Gasteiger partial charge on any atom is -0.507 e.